The van der Waals surface area contributed by atoms with Gasteiger partial charge in [0.15, 0.2) is 0 Å². The van der Waals surface area contributed by atoms with Gasteiger partial charge in [-0.1, -0.05) is 19.9 Å². The topological polar surface area (TPSA) is 0 Å². The summed E-state index contributed by atoms with van der Waals surface area (Å²) in [5.41, 5.74) is 0. The fourth-order valence-corrected chi connectivity index (χ4v) is 0. The summed E-state index contributed by atoms with van der Waals surface area (Å²) in [7, 11) is 6.74. The van der Waals surface area contributed by atoms with Crippen LogP contribution in [-0.4, -0.2) is 19.9 Å². The zero-order valence-corrected chi connectivity index (χ0v) is 8.13. The number of rotatable bonds is 0. The molecule has 0 aliphatic rings. The monoisotopic (exact) mass is 187 g/mol. The van der Waals surface area contributed by atoms with Gasteiger partial charge >= 0.3 is 0 Å². The summed E-state index contributed by atoms with van der Waals surface area (Å²) in [5.74, 6) is 0. The quantitative estimate of drug-likeness (QED) is 0.507. The molecular weight excluding hydrogens is 167 g/mol. The van der Waals surface area contributed by atoms with Crippen molar-refractivity contribution in [2.24, 2.45) is 0 Å². The fraction of sp³-hybridized carbons (Fsp3) is 1.00. The summed E-state index contributed by atoms with van der Waals surface area (Å²) < 4.78 is 18.5. The van der Waals surface area contributed by atoms with Crippen molar-refractivity contribution >= 4 is 27.7 Å². The highest BCUT2D eigenvalue weighted by Crippen LogP contribution is 1.47. The molecule has 0 saturated heterocycles. The van der Waals surface area contributed by atoms with Gasteiger partial charge in [0.05, 0.1) is 0 Å². The molecular formula is C3H17F2P3. The average molecular weight is 187 g/mol. The lowest BCUT2D eigenvalue weighted by Crippen LogP contribution is -0.804. The summed E-state index contributed by atoms with van der Waals surface area (Å²) in [4.78, 5) is 0. The van der Waals surface area contributed by atoms with E-state index in [1.807, 2.05) is 0 Å². The van der Waals surface area contributed by atoms with E-state index in [9.17, 15) is 0 Å². The zero-order valence-electron chi connectivity index (χ0n) is 7.67. The molecule has 58 valence electrons. The number of hydrogen-bond acceptors (Lipinski definition) is 0. The average Bonchev–Trinajstić information content (AvgIpc) is 1.70. The van der Waals surface area contributed by atoms with Crippen LogP contribution >= 0.6 is 27.7 Å². The number of hydrogen-bond donors (Lipinski definition) is 0. The van der Waals surface area contributed by atoms with Crippen molar-refractivity contribution < 1.29 is 13.5 Å². The molecule has 3 atom stereocenters. The van der Waals surface area contributed by atoms with E-state index in [1.54, 1.807) is 0 Å². The maximum atomic E-state index is 6.17. The lowest BCUT2D eigenvalue weighted by atomic mass is 12.0. The van der Waals surface area contributed by atoms with Crippen molar-refractivity contribution in [2.75, 3.05) is 19.9 Å². The largest absolute Gasteiger partial charge is 0.269 e. The van der Waals surface area contributed by atoms with Gasteiger partial charge in [0.1, 0.15) is 0 Å². The van der Waals surface area contributed by atoms with E-state index in [-0.39, 0.29) is 9.41 Å². The van der Waals surface area contributed by atoms with Gasteiger partial charge in [0, 0.05) is 4.11 Å². The standard InChI is InChI=1S/3CH5P.2FH/c3*1-2;;/h3*2H2,1H3;2*1H/i3*1D;;. The molecule has 0 aliphatic carbocycles. The van der Waals surface area contributed by atoms with E-state index in [0.29, 0.717) is 19.9 Å². The van der Waals surface area contributed by atoms with Crippen molar-refractivity contribution in [3.8, 4) is 0 Å². The molecule has 0 nitrogen and oxygen atoms in total. The van der Waals surface area contributed by atoms with Crippen molar-refractivity contribution in [2.45, 2.75) is 0 Å². The minimum Gasteiger partial charge on any atom is -0.269 e. The fourth-order valence-electron chi connectivity index (χ4n) is 0. The van der Waals surface area contributed by atoms with Gasteiger partial charge in [0.2, 0.25) is 0 Å². The minimum absolute atomic E-state index is 0. The third-order valence-corrected chi connectivity index (χ3v) is 0. The smallest absolute Gasteiger partial charge is 0.0274 e. The van der Waals surface area contributed by atoms with Crippen LogP contribution in [0, 0.1) is 0 Å². The molecule has 0 aromatic rings. The predicted octanol–water partition coefficient (Wildman–Crippen LogP) is 1.78. The van der Waals surface area contributed by atoms with E-state index in [0.717, 1.165) is 0 Å². The Morgan fingerprint density at radius 1 is 0.875 bits per heavy atom. The van der Waals surface area contributed by atoms with Crippen molar-refractivity contribution in [3.63, 3.8) is 0 Å². The van der Waals surface area contributed by atoms with E-state index in [1.165, 1.54) is 0 Å². The molecule has 0 N–H and O–H groups in total. The summed E-state index contributed by atoms with van der Waals surface area (Å²) in [6, 6.07) is 0. The Labute approximate surface area is 62.1 Å². The third-order valence-electron chi connectivity index (χ3n) is 0. The Morgan fingerprint density at radius 2 is 0.875 bits per heavy atom. The van der Waals surface area contributed by atoms with Gasteiger partial charge < -0.3 is 0 Å². The molecule has 0 saturated carbocycles. The molecule has 0 amide bonds. The molecule has 0 aromatic heterocycles. The van der Waals surface area contributed by atoms with Crippen LogP contribution in [0.15, 0.2) is 0 Å². The molecule has 5 heteroatoms. The Morgan fingerprint density at radius 3 is 0.875 bits per heavy atom. The SMILES string of the molecule is F.F.[2H]CP.[2H]CP.[2H]CP. The van der Waals surface area contributed by atoms with Gasteiger partial charge in [-0.2, -0.15) is 0 Å². The second-order valence-electron chi connectivity index (χ2n) is 0. The molecule has 0 aromatic carbocycles. The molecule has 0 aliphatic heterocycles. The molecule has 3 unspecified atom stereocenters. The van der Waals surface area contributed by atoms with Crippen LogP contribution in [0.3, 0.4) is 0 Å². The van der Waals surface area contributed by atoms with Crippen molar-refractivity contribution in [3.05, 3.63) is 0 Å². The molecule has 0 radical (unpaired) electrons. The zero-order chi connectivity index (χ0) is 8.12. The van der Waals surface area contributed by atoms with Gasteiger partial charge in [-0.15, -0.1) is 27.7 Å². The van der Waals surface area contributed by atoms with Gasteiger partial charge in [0.25, 0.3) is 0 Å². The first-order valence-electron chi connectivity index (χ1n) is 3.35. The normalized spacial score (nSPS) is 7.12. The van der Waals surface area contributed by atoms with E-state index in [4.69, 9.17) is 4.11 Å². The van der Waals surface area contributed by atoms with Crippen LogP contribution < -0.4 is 0 Å². The van der Waals surface area contributed by atoms with E-state index < -0.39 is 0 Å². The van der Waals surface area contributed by atoms with Gasteiger partial charge in [-0.05, 0) is 0 Å². The Balaban J connectivity index is -0.0000000150. The highest BCUT2D eigenvalue weighted by Gasteiger charge is 0.910. The van der Waals surface area contributed by atoms with E-state index >= 15 is 0 Å². The van der Waals surface area contributed by atoms with Crippen LogP contribution in [0.25, 0.3) is 0 Å². The lowest BCUT2D eigenvalue weighted by molar-refractivity contribution is 1.11. The van der Waals surface area contributed by atoms with Crippen LogP contribution in [0.2, 0.25) is 0 Å². The summed E-state index contributed by atoms with van der Waals surface area (Å²) in [5, 5.41) is 0. The second-order valence-corrected chi connectivity index (χ2v) is 0. The first-order valence-corrected chi connectivity index (χ1v) is 3.67. The highest BCUT2D eigenvalue weighted by molar-refractivity contribution is 7.15. The summed E-state index contributed by atoms with van der Waals surface area (Å²) in [6.45, 7) is 1.25. The first-order chi connectivity index (χ1) is 4.24. The highest BCUT2D eigenvalue weighted by atomic mass is 31.0. The van der Waals surface area contributed by atoms with Crippen LogP contribution in [0.5, 0.6) is 0 Å². The molecule has 0 heterocycles. The summed E-state index contributed by atoms with van der Waals surface area (Å²) in [6.07, 6.45) is 0. The Kier molecular flexibility index (Phi) is 468. The molecule has 0 fully saturated rings. The predicted molar refractivity (Wildman–Crippen MR) is 51.9 cm³/mol. The maximum Gasteiger partial charge on any atom is 0.0274 e. The number of halogens is 2. The third kappa shape index (κ3) is 204. The van der Waals surface area contributed by atoms with Gasteiger partial charge in [-0.25, -0.2) is 0 Å². The first kappa shape index (κ1) is 11.9. The molecule has 0 rings (SSSR count). The minimum atomic E-state index is 0. The van der Waals surface area contributed by atoms with Crippen LogP contribution in [0.4, 0.5) is 9.41 Å². The van der Waals surface area contributed by atoms with Crippen LogP contribution in [-0.2, 0) is 0 Å². The van der Waals surface area contributed by atoms with Crippen molar-refractivity contribution in [1.82, 2.24) is 0 Å². The molecule has 8 heavy (non-hydrogen) atoms. The Hall–Kier alpha value is 1.15. The van der Waals surface area contributed by atoms with Gasteiger partial charge in [-0.3, -0.25) is 9.41 Å². The lowest BCUT2D eigenvalue weighted by Gasteiger charge is -1.10. The summed E-state index contributed by atoms with van der Waals surface area (Å²) >= 11 is 0. The maximum absolute atomic E-state index is 6.17. The van der Waals surface area contributed by atoms with E-state index in [2.05, 4.69) is 27.7 Å². The van der Waals surface area contributed by atoms with Crippen molar-refractivity contribution in [1.29, 1.82) is 0 Å². The molecule has 0 bridgehead atoms. The Bertz CT molecular complexity index is 26.5. The molecule has 0 spiro atoms. The van der Waals surface area contributed by atoms with Crippen LogP contribution in [0.1, 0.15) is 4.11 Å². The second kappa shape index (κ2) is 315.